The van der Waals surface area contributed by atoms with E-state index < -0.39 is 0 Å². The van der Waals surface area contributed by atoms with E-state index in [4.69, 9.17) is 55.9 Å². The van der Waals surface area contributed by atoms with Gasteiger partial charge in [0.05, 0.1) is 20.1 Å². The molecule has 0 saturated carbocycles. The van der Waals surface area contributed by atoms with Crippen molar-refractivity contribution in [3.05, 3.63) is 68.7 Å². The van der Waals surface area contributed by atoms with Crippen LogP contribution in [0.4, 0.5) is 0 Å². The zero-order valence-corrected chi connectivity index (χ0v) is 15.8. The van der Waals surface area contributed by atoms with Crippen LogP contribution in [0.25, 0.3) is 0 Å². The van der Waals surface area contributed by atoms with Crippen LogP contribution in [0.5, 0.6) is 23.0 Å². The Balaban J connectivity index is 0.000000206. The minimum Gasteiger partial charge on any atom is -0.449 e. The Bertz CT molecular complexity index is 830. The molecule has 0 N–H and O–H groups in total. The topological polar surface area (TPSA) is 52.6 Å². The van der Waals surface area contributed by atoms with Crippen LogP contribution in [0.2, 0.25) is 20.1 Å². The molecule has 0 amide bonds. The van der Waals surface area contributed by atoms with Gasteiger partial charge in [-0.25, -0.2) is 0 Å². The van der Waals surface area contributed by atoms with E-state index in [-0.39, 0.29) is 11.6 Å². The van der Waals surface area contributed by atoms with Crippen molar-refractivity contribution in [3.63, 3.8) is 0 Å². The van der Waals surface area contributed by atoms with Crippen LogP contribution in [0.1, 0.15) is 0 Å². The van der Waals surface area contributed by atoms with Crippen molar-refractivity contribution in [2.24, 2.45) is 0 Å². The second kappa shape index (κ2) is 7.72. The normalized spacial score (nSPS) is 13.8. The van der Waals surface area contributed by atoms with Crippen LogP contribution in [0.15, 0.2) is 48.6 Å². The number of hydrogen-bond donors (Lipinski definition) is 0. The molecule has 0 fully saturated rings. The number of rotatable bonds is 0. The van der Waals surface area contributed by atoms with Gasteiger partial charge in [-0.2, -0.15) is 0 Å². The number of halogens is 4. The first kappa shape index (κ1) is 18.8. The van der Waals surface area contributed by atoms with Crippen molar-refractivity contribution in [3.8, 4) is 23.0 Å². The highest BCUT2D eigenvalue weighted by Gasteiger charge is 2.22. The van der Waals surface area contributed by atoms with E-state index in [1.165, 1.54) is 24.3 Å². The van der Waals surface area contributed by atoms with Crippen LogP contribution >= 0.6 is 46.4 Å². The fourth-order valence-electron chi connectivity index (χ4n) is 2.02. The van der Waals surface area contributed by atoms with Crippen LogP contribution in [-0.4, -0.2) is 11.6 Å². The molecule has 1 heterocycles. The third-order valence-corrected chi connectivity index (χ3v) is 4.68. The summed E-state index contributed by atoms with van der Waals surface area (Å²) in [5.41, 5.74) is 0. The molecule has 0 atom stereocenters. The first-order valence-electron chi connectivity index (χ1n) is 7.11. The quantitative estimate of drug-likeness (QED) is 0.385. The van der Waals surface area contributed by atoms with Crippen molar-refractivity contribution in [2.45, 2.75) is 0 Å². The highest BCUT2D eigenvalue weighted by molar-refractivity contribution is 6.42. The number of carbonyl (C=O) groups is 2. The number of ether oxygens (including phenoxy) is 2. The largest absolute Gasteiger partial charge is 0.449 e. The summed E-state index contributed by atoms with van der Waals surface area (Å²) in [5.74, 6) is 1.69. The third kappa shape index (κ3) is 4.22. The summed E-state index contributed by atoms with van der Waals surface area (Å²) >= 11 is 23.7. The highest BCUT2D eigenvalue weighted by Crippen LogP contribution is 2.49. The van der Waals surface area contributed by atoms with Crippen LogP contribution < -0.4 is 9.47 Å². The van der Waals surface area contributed by atoms with Gasteiger partial charge in [0.1, 0.15) is 0 Å². The average Bonchev–Trinajstić information content (AvgIpc) is 2.59. The molecule has 1 aliphatic heterocycles. The Hall–Kier alpha value is -1.98. The van der Waals surface area contributed by atoms with E-state index in [1.807, 2.05) is 0 Å². The maximum Gasteiger partial charge on any atom is 0.178 e. The van der Waals surface area contributed by atoms with Crippen molar-refractivity contribution in [2.75, 3.05) is 0 Å². The molecule has 2 aromatic carbocycles. The Morgan fingerprint density at radius 2 is 0.731 bits per heavy atom. The van der Waals surface area contributed by atoms with E-state index in [0.717, 1.165) is 0 Å². The second-order valence-corrected chi connectivity index (χ2v) is 6.73. The lowest BCUT2D eigenvalue weighted by atomic mass is 10.2. The summed E-state index contributed by atoms with van der Waals surface area (Å²) in [4.78, 5) is 20.6. The van der Waals surface area contributed by atoms with Gasteiger partial charge in [0, 0.05) is 24.3 Å². The number of benzene rings is 2. The number of allylic oxidation sites excluding steroid dienone is 4. The van der Waals surface area contributed by atoms with E-state index in [0.29, 0.717) is 43.1 Å². The zero-order chi connectivity index (χ0) is 18.8. The summed E-state index contributed by atoms with van der Waals surface area (Å²) in [6.45, 7) is 0. The Kier molecular flexibility index (Phi) is 5.58. The fourth-order valence-corrected chi connectivity index (χ4v) is 2.63. The van der Waals surface area contributed by atoms with E-state index in [9.17, 15) is 9.59 Å². The van der Waals surface area contributed by atoms with Gasteiger partial charge in [-0.15, -0.1) is 0 Å². The van der Waals surface area contributed by atoms with Gasteiger partial charge in [-0.1, -0.05) is 46.4 Å². The Morgan fingerprint density at radius 3 is 0.962 bits per heavy atom. The van der Waals surface area contributed by atoms with Gasteiger partial charge in [-0.3, -0.25) is 9.59 Å². The molecule has 4 nitrogen and oxygen atoms in total. The summed E-state index contributed by atoms with van der Waals surface area (Å²) in [5, 5.41) is 1.56. The highest BCUT2D eigenvalue weighted by atomic mass is 35.5. The molecule has 26 heavy (non-hydrogen) atoms. The van der Waals surface area contributed by atoms with Crippen molar-refractivity contribution in [1.82, 2.24) is 0 Å². The zero-order valence-electron chi connectivity index (χ0n) is 12.8. The van der Waals surface area contributed by atoms with Gasteiger partial charge < -0.3 is 9.47 Å². The first-order chi connectivity index (χ1) is 12.3. The van der Waals surface area contributed by atoms with E-state index in [1.54, 1.807) is 24.3 Å². The lowest BCUT2D eigenvalue weighted by Crippen LogP contribution is -1.99. The number of fused-ring (bicyclic) bond motifs is 2. The van der Waals surface area contributed by atoms with Crippen molar-refractivity contribution >= 4 is 58.0 Å². The summed E-state index contributed by atoms with van der Waals surface area (Å²) < 4.78 is 11.3. The summed E-state index contributed by atoms with van der Waals surface area (Å²) in [6, 6.07) is 6.35. The monoisotopic (exact) mass is 428 g/mol. The van der Waals surface area contributed by atoms with Crippen LogP contribution in [0.3, 0.4) is 0 Å². The van der Waals surface area contributed by atoms with Gasteiger partial charge in [0.25, 0.3) is 0 Å². The van der Waals surface area contributed by atoms with E-state index >= 15 is 0 Å². The number of ketones is 2. The molecule has 2 aromatic rings. The lowest BCUT2D eigenvalue weighted by Gasteiger charge is -2.21. The molecule has 0 unspecified atom stereocenters. The third-order valence-electron chi connectivity index (χ3n) is 3.24. The van der Waals surface area contributed by atoms with Gasteiger partial charge in [0.2, 0.25) is 0 Å². The molecule has 0 saturated heterocycles. The maximum atomic E-state index is 10.3. The minimum atomic E-state index is -0.121. The number of hydrogen-bond acceptors (Lipinski definition) is 4. The van der Waals surface area contributed by atoms with Crippen molar-refractivity contribution in [1.29, 1.82) is 0 Å². The molecule has 132 valence electrons. The predicted molar refractivity (Wildman–Crippen MR) is 101 cm³/mol. The van der Waals surface area contributed by atoms with Crippen LogP contribution in [0, 0.1) is 0 Å². The van der Waals surface area contributed by atoms with Gasteiger partial charge in [0.15, 0.2) is 34.6 Å². The molecule has 0 spiro atoms. The molecule has 0 aromatic heterocycles. The second-order valence-electron chi connectivity index (χ2n) is 5.10. The Labute approximate surface area is 168 Å². The van der Waals surface area contributed by atoms with E-state index in [2.05, 4.69) is 0 Å². The minimum absolute atomic E-state index is 0.121. The van der Waals surface area contributed by atoms with Crippen LogP contribution in [-0.2, 0) is 9.59 Å². The van der Waals surface area contributed by atoms with Gasteiger partial charge >= 0.3 is 0 Å². The predicted octanol–water partition coefficient (Wildman–Crippen LogP) is 6.45. The smallest absolute Gasteiger partial charge is 0.178 e. The molecule has 8 heteroatoms. The van der Waals surface area contributed by atoms with Gasteiger partial charge in [-0.05, 0) is 24.3 Å². The molecule has 1 aliphatic carbocycles. The average molecular weight is 430 g/mol. The summed E-state index contributed by atoms with van der Waals surface area (Å²) in [7, 11) is 0. The SMILES string of the molecule is Clc1cc2c(cc1Cl)Oc1cc(Cl)c(Cl)cc1O2.O=C1C=CC(=O)C=C1. The number of carbonyl (C=O) groups excluding carboxylic acids is 2. The fraction of sp³-hybridized carbons (Fsp3) is 0. The first-order valence-corrected chi connectivity index (χ1v) is 8.62. The molecule has 0 bridgehead atoms. The lowest BCUT2D eigenvalue weighted by molar-refractivity contribution is -0.113. The molecular formula is C18H8Cl4O4. The Morgan fingerprint density at radius 1 is 0.500 bits per heavy atom. The molecule has 2 aliphatic rings. The van der Waals surface area contributed by atoms with Crippen molar-refractivity contribution < 1.29 is 19.1 Å². The molecular weight excluding hydrogens is 422 g/mol. The molecule has 0 radical (unpaired) electrons. The maximum absolute atomic E-state index is 10.3. The molecule has 4 rings (SSSR count). The summed E-state index contributed by atoms with van der Waals surface area (Å²) in [6.07, 6.45) is 5.01. The standard InChI is InChI=1S/C12H4Cl4O2.C6H4O2/c13-5-1-9-10(2-6(5)14)18-12-4-8(16)7(15)3-11(12)17-9;7-5-1-2-6(8)4-3-5/h1-4H;1-4H.